The molecule has 0 spiro atoms. The third-order valence-electron chi connectivity index (χ3n) is 4.27. The van der Waals surface area contributed by atoms with Gasteiger partial charge in [-0.1, -0.05) is 13.8 Å². The highest BCUT2D eigenvalue weighted by atomic mass is 32.2. The van der Waals surface area contributed by atoms with Crippen LogP contribution in [0.25, 0.3) is 0 Å². The number of ether oxygens (including phenoxy) is 3. The van der Waals surface area contributed by atoms with Crippen LogP contribution in [0.4, 0.5) is 13.2 Å². The van der Waals surface area contributed by atoms with Crippen LogP contribution in [-0.2, 0) is 33.9 Å². The highest BCUT2D eigenvalue weighted by molar-refractivity contribution is 7.86. The number of carbonyl (C=O) groups excluding carboxylic acids is 2. The average Bonchev–Trinajstić information content (AvgIpc) is 2.60. The third-order valence-corrected chi connectivity index (χ3v) is 5.19. The molecule has 0 bridgehead atoms. The molecule has 28 heavy (non-hydrogen) atoms. The molecule has 0 radical (unpaired) electrons. The first kappa shape index (κ1) is 26.6. The lowest BCUT2D eigenvalue weighted by Crippen LogP contribution is -2.39. The van der Waals surface area contributed by atoms with Crippen molar-refractivity contribution in [3.8, 4) is 0 Å². The van der Waals surface area contributed by atoms with E-state index in [1.165, 1.54) is 14.0 Å². The van der Waals surface area contributed by atoms with Crippen LogP contribution in [-0.4, -0.2) is 63.3 Å². The quantitative estimate of drug-likeness (QED) is 0.245. The van der Waals surface area contributed by atoms with Gasteiger partial charge in [-0.3, -0.25) is 9.59 Å². The lowest BCUT2D eigenvalue weighted by Gasteiger charge is -2.28. The molecular formula is C16H26F3O8S-. The Labute approximate surface area is 162 Å². The van der Waals surface area contributed by atoms with Crippen LogP contribution < -0.4 is 0 Å². The first-order valence-electron chi connectivity index (χ1n) is 8.53. The van der Waals surface area contributed by atoms with Crippen molar-refractivity contribution in [2.24, 2.45) is 11.3 Å². The zero-order chi connectivity index (χ0) is 22.2. The molecule has 0 heterocycles. The van der Waals surface area contributed by atoms with E-state index in [0.717, 1.165) is 0 Å². The van der Waals surface area contributed by atoms with Crippen molar-refractivity contribution in [1.29, 1.82) is 0 Å². The van der Waals surface area contributed by atoms with Crippen LogP contribution in [0.2, 0.25) is 0 Å². The smallest absolute Gasteiger partial charge is 0.364 e. The summed E-state index contributed by atoms with van der Waals surface area (Å²) in [6.07, 6.45) is -4.11. The fraction of sp³-hybridized carbons (Fsp3) is 0.875. The van der Waals surface area contributed by atoms with Crippen molar-refractivity contribution in [2.45, 2.75) is 51.5 Å². The molecule has 0 aliphatic rings. The van der Waals surface area contributed by atoms with E-state index in [4.69, 9.17) is 9.47 Å². The summed E-state index contributed by atoms with van der Waals surface area (Å²) in [5, 5.41) is -5.11. The molecule has 0 amide bonds. The minimum absolute atomic E-state index is 0.0261. The van der Waals surface area contributed by atoms with Gasteiger partial charge in [0.15, 0.2) is 16.3 Å². The van der Waals surface area contributed by atoms with E-state index in [-0.39, 0.29) is 19.6 Å². The Balaban J connectivity index is 4.67. The molecule has 0 aliphatic carbocycles. The number of esters is 2. The normalized spacial score (nSPS) is 16.7. The Hall–Kier alpha value is -1.40. The van der Waals surface area contributed by atoms with E-state index in [1.54, 1.807) is 13.8 Å². The van der Waals surface area contributed by atoms with Gasteiger partial charge in [0.05, 0.1) is 24.5 Å². The first-order valence-corrected chi connectivity index (χ1v) is 9.93. The fourth-order valence-corrected chi connectivity index (χ4v) is 2.68. The lowest BCUT2D eigenvalue weighted by molar-refractivity contribution is -0.160. The highest BCUT2D eigenvalue weighted by Crippen LogP contribution is 2.32. The van der Waals surface area contributed by atoms with Crippen molar-refractivity contribution in [1.82, 2.24) is 0 Å². The molecular weight excluding hydrogens is 409 g/mol. The van der Waals surface area contributed by atoms with E-state index in [9.17, 15) is 35.7 Å². The monoisotopic (exact) mass is 435 g/mol. The predicted octanol–water partition coefficient (Wildman–Crippen LogP) is 2.03. The Morgan fingerprint density at radius 3 is 2.18 bits per heavy atom. The second-order valence-corrected chi connectivity index (χ2v) is 8.04. The third kappa shape index (κ3) is 7.55. The van der Waals surface area contributed by atoms with Crippen molar-refractivity contribution in [3.05, 3.63) is 0 Å². The van der Waals surface area contributed by atoms with Gasteiger partial charge in [-0.25, -0.2) is 12.8 Å². The molecule has 0 saturated heterocycles. The highest BCUT2D eigenvalue weighted by Gasteiger charge is 2.47. The zero-order valence-corrected chi connectivity index (χ0v) is 17.0. The maximum atomic E-state index is 13.3. The molecule has 0 N–H and O–H groups in total. The molecule has 0 aromatic carbocycles. The van der Waals surface area contributed by atoms with Crippen molar-refractivity contribution >= 4 is 22.1 Å². The molecule has 3 unspecified atom stereocenters. The maximum Gasteiger partial charge on any atom is 0.364 e. The summed E-state index contributed by atoms with van der Waals surface area (Å²) in [4.78, 5) is 24.2. The summed E-state index contributed by atoms with van der Waals surface area (Å²) >= 11 is 0. The molecule has 0 saturated carbocycles. The predicted molar refractivity (Wildman–Crippen MR) is 90.1 cm³/mol. The summed E-state index contributed by atoms with van der Waals surface area (Å²) < 4.78 is 84.9. The van der Waals surface area contributed by atoms with Gasteiger partial charge in [-0.2, -0.15) is 8.78 Å². The van der Waals surface area contributed by atoms with Crippen molar-refractivity contribution in [2.75, 3.05) is 26.9 Å². The lowest BCUT2D eigenvalue weighted by atomic mass is 9.79. The number of hydrogen-bond donors (Lipinski definition) is 0. The maximum absolute atomic E-state index is 13.3. The Morgan fingerprint density at radius 1 is 1.14 bits per heavy atom. The number of halogens is 3. The summed E-state index contributed by atoms with van der Waals surface area (Å²) in [5.74, 6) is -2.28. The number of alkyl halides is 3. The van der Waals surface area contributed by atoms with Crippen molar-refractivity contribution < 1.29 is 49.9 Å². The van der Waals surface area contributed by atoms with Gasteiger partial charge in [0.25, 0.3) is 0 Å². The van der Waals surface area contributed by atoms with Gasteiger partial charge in [-0.15, -0.1) is 0 Å². The van der Waals surface area contributed by atoms with Gasteiger partial charge >= 0.3 is 17.2 Å². The topological polar surface area (TPSA) is 119 Å². The standard InChI is InChI=1S/C16H27F3O8S/c1-5-15(3,14(21)27-9-8-25-4)10-11(2)13(20)26-7-6-12(17)16(18,19)28(22,23)24/h11-12H,5-10H2,1-4H3,(H,22,23,24)/p-1. The zero-order valence-electron chi connectivity index (χ0n) is 16.2. The molecule has 0 fully saturated rings. The number of hydrogen-bond acceptors (Lipinski definition) is 8. The first-order chi connectivity index (χ1) is 12.7. The number of carbonyl (C=O) groups is 2. The van der Waals surface area contributed by atoms with Crippen LogP contribution in [0.5, 0.6) is 0 Å². The van der Waals surface area contributed by atoms with E-state index in [0.29, 0.717) is 6.42 Å². The molecule has 0 rings (SSSR count). The summed E-state index contributed by atoms with van der Waals surface area (Å²) in [6.45, 7) is 4.13. The summed E-state index contributed by atoms with van der Waals surface area (Å²) in [7, 11) is -4.73. The minimum Gasteiger partial charge on any atom is -0.743 e. The van der Waals surface area contributed by atoms with Crippen LogP contribution in [0, 0.1) is 11.3 Å². The van der Waals surface area contributed by atoms with Gasteiger partial charge in [-0.05, 0) is 19.8 Å². The fourth-order valence-electron chi connectivity index (χ4n) is 2.25. The van der Waals surface area contributed by atoms with E-state index < -0.39 is 57.8 Å². The number of rotatable bonds is 13. The summed E-state index contributed by atoms with van der Waals surface area (Å²) in [6, 6.07) is 0. The Kier molecular flexibility index (Phi) is 10.4. The van der Waals surface area contributed by atoms with Crippen molar-refractivity contribution in [3.63, 3.8) is 0 Å². The molecule has 0 aromatic heterocycles. The minimum atomic E-state index is -6.17. The van der Waals surface area contributed by atoms with Crippen LogP contribution in [0.3, 0.4) is 0 Å². The van der Waals surface area contributed by atoms with Crippen LogP contribution >= 0.6 is 0 Å². The van der Waals surface area contributed by atoms with E-state index in [1.807, 2.05) is 0 Å². The molecule has 12 heteroatoms. The molecule has 0 aliphatic heterocycles. The Morgan fingerprint density at radius 2 is 1.71 bits per heavy atom. The summed E-state index contributed by atoms with van der Waals surface area (Å²) in [5.41, 5.74) is -1.02. The Bertz CT molecular complexity index is 625. The van der Waals surface area contributed by atoms with E-state index in [2.05, 4.69) is 4.74 Å². The van der Waals surface area contributed by atoms with Crippen LogP contribution in [0.1, 0.15) is 40.0 Å². The second kappa shape index (κ2) is 11.0. The van der Waals surface area contributed by atoms with E-state index >= 15 is 0 Å². The molecule has 166 valence electrons. The van der Waals surface area contributed by atoms with Gasteiger partial charge in [0.1, 0.15) is 6.61 Å². The van der Waals surface area contributed by atoms with Crippen LogP contribution in [0.15, 0.2) is 0 Å². The largest absolute Gasteiger partial charge is 0.743 e. The van der Waals surface area contributed by atoms with Gasteiger partial charge < -0.3 is 18.8 Å². The molecule has 0 aromatic rings. The second-order valence-electron chi connectivity index (χ2n) is 6.59. The average molecular weight is 435 g/mol. The van der Waals surface area contributed by atoms with Gasteiger partial charge in [0.2, 0.25) is 0 Å². The molecule has 3 atom stereocenters. The number of methoxy groups -OCH3 is 1. The molecule has 8 nitrogen and oxygen atoms in total. The van der Waals surface area contributed by atoms with Gasteiger partial charge in [0, 0.05) is 13.5 Å². The SMILES string of the molecule is CCC(C)(CC(C)C(=O)OCCC(F)C(F)(F)S(=O)(=O)[O-])C(=O)OCCOC.